The average molecular weight is 333 g/mol. The predicted octanol–water partition coefficient (Wildman–Crippen LogP) is 3.74. The highest BCUT2D eigenvalue weighted by atomic mass is 15.1. The summed E-state index contributed by atoms with van der Waals surface area (Å²) in [6.45, 7) is 3.52. The van der Waals surface area contributed by atoms with E-state index >= 15 is 0 Å². The zero-order chi connectivity index (χ0) is 17.6. The molecule has 0 saturated heterocycles. The van der Waals surface area contributed by atoms with Gasteiger partial charge in [0.25, 0.3) is 0 Å². The summed E-state index contributed by atoms with van der Waals surface area (Å²) in [7, 11) is 2.05. The van der Waals surface area contributed by atoms with E-state index in [0.717, 1.165) is 17.8 Å². The fourth-order valence-electron chi connectivity index (χ4n) is 2.70. The van der Waals surface area contributed by atoms with Crippen molar-refractivity contribution < 1.29 is 0 Å². The molecule has 3 rings (SSSR count). The lowest BCUT2D eigenvalue weighted by molar-refractivity contribution is 0.311. The molecule has 3 aromatic rings. The molecule has 5 heteroatoms. The maximum absolute atomic E-state index is 5.97. The highest BCUT2D eigenvalue weighted by Crippen LogP contribution is 2.20. The van der Waals surface area contributed by atoms with Gasteiger partial charge in [0, 0.05) is 18.3 Å². The molecule has 0 bridgehead atoms. The molecule has 5 nitrogen and oxygen atoms in total. The summed E-state index contributed by atoms with van der Waals surface area (Å²) >= 11 is 0. The third-order valence-corrected chi connectivity index (χ3v) is 3.91. The number of anilines is 3. The Morgan fingerprint density at radius 1 is 0.960 bits per heavy atom. The number of hydrogen-bond acceptors (Lipinski definition) is 5. The first-order valence-corrected chi connectivity index (χ1v) is 8.29. The standard InChI is InChI=1S/C20H23N5/c1-15-8-6-7-11-17(15)22-19-12-18(21)23-20(24-19)14-25(2)13-16-9-4-3-5-10-16/h3-12H,13-14H2,1-2H3,(H3,21,22,23,24). The van der Waals surface area contributed by atoms with Gasteiger partial charge in [-0.3, -0.25) is 4.90 Å². The second kappa shape index (κ2) is 7.77. The van der Waals surface area contributed by atoms with E-state index in [9.17, 15) is 0 Å². The van der Waals surface area contributed by atoms with Crippen molar-refractivity contribution in [3.05, 3.63) is 77.6 Å². The molecule has 0 amide bonds. The van der Waals surface area contributed by atoms with E-state index in [-0.39, 0.29) is 0 Å². The number of nitrogens with zero attached hydrogens (tertiary/aromatic N) is 3. The van der Waals surface area contributed by atoms with Gasteiger partial charge in [-0.1, -0.05) is 48.5 Å². The highest BCUT2D eigenvalue weighted by molar-refractivity contribution is 5.61. The summed E-state index contributed by atoms with van der Waals surface area (Å²) in [5.74, 6) is 1.88. The molecule has 0 unspecified atom stereocenters. The topological polar surface area (TPSA) is 67.1 Å². The van der Waals surface area contributed by atoms with Crippen molar-refractivity contribution in [2.45, 2.75) is 20.0 Å². The van der Waals surface area contributed by atoms with Crippen LogP contribution >= 0.6 is 0 Å². The van der Waals surface area contributed by atoms with Gasteiger partial charge in [-0.25, -0.2) is 9.97 Å². The lowest BCUT2D eigenvalue weighted by Gasteiger charge is -2.17. The summed E-state index contributed by atoms with van der Waals surface area (Å²) in [5, 5.41) is 3.33. The van der Waals surface area contributed by atoms with Gasteiger partial charge >= 0.3 is 0 Å². The maximum Gasteiger partial charge on any atom is 0.147 e. The normalized spacial score (nSPS) is 10.8. The van der Waals surface area contributed by atoms with Crippen LogP contribution in [0.4, 0.5) is 17.3 Å². The van der Waals surface area contributed by atoms with Gasteiger partial charge in [0.05, 0.1) is 6.54 Å². The average Bonchev–Trinajstić information content (AvgIpc) is 2.57. The van der Waals surface area contributed by atoms with Crippen LogP contribution in [0.2, 0.25) is 0 Å². The Bertz CT molecular complexity index is 832. The number of benzene rings is 2. The first-order valence-electron chi connectivity index (χ1n) is 8.29. The summed E-state index contributed by atoms with van der Waals surface area (Å²) in [4.78, 5) is 11.1. The zero-order valence-electron chi connectivity index (χ0n) is 14.6. The molecule has 0 saturated carbocycles. The first-order chi connectivity index (χ1) is 12.1. The monoisotopic (exact) mass is 333 g/mol. The number of para-hydroxylation sites is 1. The molecule has 0 spiro atoms. The first kappa shape index (κ1) is 16.9. The Morgan fingerprint density at radius 2 is 1.68 bits per heavy atom. The van der Waals surface area contributed by atoms with E-state index < -0.39 is 0 Å². The van der Waals surface area contributed by atoms with Gasteiger partial charge in [-0.2, -0.15) is 0 Å². The SMILES string of the molecule is Cc1ccccc1Nc1cc(N)nc(CN(C)Cc2ccccc2)n1. The molecule has 1 aromatic heterocycles. The van der Waals surface area contributed by atoms with Crippen LogP contribution in [-0.4, -0.2) is 21.9 Å². The quantitative estimate of drug-likeness (QED) is 0.719. The van der Waals surface area contributed by atoms with E-state index in [1.807, 2.05) is 43.4 Å². The molecule has 0 radical (unpaired) electrons. The van der Waals surface area contributed by atoms with Gasteiger partial charge in [0.2, 0.25) is 0 Å². The Morgan fingerprint density at radius 3 is 2.44 bits per heavy atom. The fourth-order valence-corrected chi connectivity index (χ4v) is 2.70. The summed E-state index contributed by atoms with van der Waals surface area (Å²) in [6, 6.07) is 20.2. The van der Waals surface area contributed by atoms with Crippen molar-refractivity contribution in [1.29, 1.82) is 0 Å². The molecule has 128 valence electrons. The van der Waals surface area contributed by atoms with Crippen LogP contribution in [-0.2, 0) is 13.1 Å². The van der Waals surface area contributed by atoms with E-state index in [4.69, 9.17) is 5.73 Å². The molecule has 1 heterocycles. The van der Waals surface area contributed by atoms with Crippen LogP contribution in [0, 0.1) is 6.92 Å². The van der Waals surface area contributed by atoms with Gasteiger partial charge in [0.15, 0.2) is 0 Å². The Labute approximate surface area is 148 Å². The number of rotatable bonds is 6. The minimum Gasteiger partial charge on any atom is -0.384 e. The largest absolute Gasteiger partial charge is 0.384 e. The van der Waals surface area contributed by atoms with Crippen molar-refractivity contribution in [2.75, 3.05) is 18.1 Å². The van der Waals surface area contributed by atoms with E-state index in [1.165, 1.54) is 5.56 Å². The summed E-state index contributed by atoms with van der Waals surface area (Å²) in [6.07, 6.45) is 0. The van der Waals surface area contributed by atoms with Gasteiger partial charge < -0.3 is 11.1 Å². The minimum atomic E-state index is 0.467. The lowest BCUT2D eigenvalue weighted by atomic mass is 10.2. The van der Waals surface area contributed by atoms with Crippen LogP contribution in [0.25, 0.3) is 0 Å². The summed E-state index contributed by atoms with van der Waals surface area (Å²) < 4.78 is 0. The second-order valence-electron chi connectivity index (χ2n) is 6.19. The van der Waals surface area contributed by atoms with Crippen molar-refractivity contribution in [3.8, 4) is 0 Å². The van der Waals surface area contributed by atoms with E-state index in [1.54, 1.807) is 6.07 Å². The van der Waals surface area contributed by atoms with Crippen molar-refractivity contribution >= 4 is 17.3 Å². The minimum absolute atomic E-state index is 0.467. The van der Waals surface area contributed by atoms with Crippen LogP contribution < -0.4 is 11.1 Å². The molecule has 2 aromatic carbocycles. The molecule has 25 heavy (non-hydrogen) atoms. The second-order valence-corrected chi connectivity index (χ2v) is 6.19. The third-order valence-electron chi connectivity index (χ3n) is 3.91. The van der Waals surface area contributed by atoms with Gasteiger partial charge in [-0.05, 0) is 31.2 Å². The number of hydrogen-bond donors (Lipinski definition) is 2. The van der Waals surface area contributed by atoms with Gasteiger partial charge in [-0.15, -0.1) is 0 Å². The van der Waals surface area contributed by atoms with Gasteiger partial charge in [0.1, 0.15) is 17.5 Å². The molecule has 0 aliphatic carbocycles. The Balaban J connectivity index is 1.72. The number of nitrogens with one attached hydrogen (secondary N) is 1. The lowest BCUT2D eigenvalue weighted by Crippen LogP contribution is -2.19. The number of aromatic nitrogens is 2. The number of nitrogen functional groups attached to an aromatic ring is 1. The maximum atomic E-state index is 5.97. The van der Waals surface area contributed by atoms with Crippen molar-refractivity contribution in [1.82, 2.24) is 14.9 Å². The molecule has 0 fully saturated rings. The third kappa shape index (κ3) is 4.78. The molecular weight excluding hydrogens is 310 g/mol. The molecule has 0 atom stereocenters. The van der Waals surface area contributed by atoms with Crippen LogP contribution in [0.1, 0.15) is 17.0 Å². The van der Waals surface area contributed by atoms with Crippen LogP contribution in [0.15, 0.2) is 60.7 Å². The smallest absolute Gasteiger partial charge is 0.147 e. The molecule has 0 aliphatic rings. The molecule has 0 aliphatic heterocycles. The Hall–Kier alpha value is -2.92. The van der Waals surface area contributed by atoms with Crippen LogP contribution in [0.5, 0.6) is 0 Å². The zero-order valence-corrected chi connectivity index (χ0v) is 14.6. The molecular formula is C20H23N5. The van der Waals surface area contributed by atoms with E-state index in [0.29, 0.717) is 24.0 Å². The number of nitrogens with two attached hydrogens (primary N) is 1. The molecule has 3 N–H and O–H groups in total. The Kier molecular flexibility index (Phi) is 5.26. The summed E-state index contributed by atoms with van der Waals surface area (Å²) in [5.41, 5.74) is 9.40. The number of aryl methyl sites for hydroxylation is 1. The fraction of sp³-hybridized carbons (Fsp3) is 0.200. The van der Waals surface area contributed by atoms with Crippen LogP contribution in [0.3, 0.4) is 0 Å². The van der Waals surface area contributed by atoms with E-state index in [2.05, 4.69) is 45.3 Å². The van der Waals surface area contributed by atoms with Crippen molar-refractivity contribution in [3.63, 3.8) is 0 Å². The highest BCUT2D eigenvalue weighted by Gasteiger charge is 2.08. The van der Waals surface area contributed by atoms with Crippen molar-refractivity contribution in [2.24, 2.45) is 0 Å². The predicted molar refractivity (Wildman–Crippen MR) is 103 cm³/mol.